The van der Waals surface area contributed by atoms with Crippen LogP contribution in [0.3, 0.4) is 0 Å². The monoisotopic (exact) mass is 539 g/mol. The summed E-state index contributed by atoms with van der Waals surface area (Å²) >= 11 is 14.0. The van der Waals surface area contributed by atoms with Crippen LogP contribution >= 0.6 is 35.0 Å². The van der Waals surface area contributed by atoms with E-state index in [1.54, 1.807) is 30.2 Å². The highest BCUT2D eigenvalue weighted by Gasteiger charge is 2.24. The van der Waals surface area contributed by atoms with Crippen LogP contribution in [-0.4, -0.2) is 15.5 Å². The van der Waals surface area contributed by atoms with E-state index in [9.17, 15) is 4.79 Å². The van der Waals surface area contributed by atoms with E-state index in [1.807, 2.05) is 68.4 Å². The Kier molecular flexibility index (Phi) is 10.1. The molecule has 0 saturated carbocycles. The van der Waals surface area contributed by atoms with Crippen molar-refractivity contribution in [3.05, 3.63) is 105 Å². The molecule has 2 aromatic heterocycles. The van der Waals surface area contributed by atoms with Crippen molar-refractivity contribution >= 4 is 46.6 Å². The summed E-state index contributed by atoms with van der Waals surface area (Å²) in [6, 6.07) is 18.9. The van der Waals surface area contributed by atoms with Crippen molar-refractivity contribution in [1.82, 2.24) is 9.55 Å². The van der Waals surface area contributed by atoms with Gasteiger partial charge in [-0.05, 0) is 73.4 Å². The van der Waals surface area contributed by atoms with Crippen molar-refractivity contribution in [1.29, 1.82) is 0 Å². The number of nitrogens with zero attached hydrogens (tertiary/aromatic N) is 2. The normalized spacial score (nSPS) is 10.7. The van der Waals surface area contributed by atoms with Crippen molar-refractivity contribution in [3.63, 3.8) is 0 Å². The Morgan fingerprint density at radius 3 is 2.14 bits per heavy atom. The number of amides is 1. The van der Waals surface area contributed by atoms with Crippen molar-refractivity contribution in [2.45, 2.75) is 51.1 Å². The highest BCUT2D eigenvalue weighted by molar-refractivity contribution is 7.99. The highest BCUT2D eigenvalue weighted by atomic mass is 35.5. The number of hydrogen-bond acceptors (Lipinski definition) is 3. The molecule has 4 nitrogen and oxygen atoms in total. The quantitative estimate of drug-likeness (QED) is 0.266. The van der Waals surface area contributed by atoms with Crippen LogP contribution in [0, 0.1) is 19.8 Å². The van der Waals surface area contributed by atoms with Gasteiger partial charge in [-0.25, -0.2) is 0 Å². The van der Waals surface area contributed by atoms with Gasteiger partial charge in [0.15, 0.2) is 0 Å². The number of pyridine rings is 1. The van der Waals surface area contributed by atoms with Gasteiger partial charge in [0.1, 0.15) is 0 Å². The standard InChI is InChI=1S/C25H21Cl2N3OS.C4H10/c1-16-23(24(31)29-21-6-4-3-5-7-21)17(2)30(15-18-8-10-28-11-9-18)25(16)32-22-13-19(26)12-20(27)14-22;1-4(2)3/h3-14H,15H2,1-2H3,(H,29,31);4H,1-3H3. The molecule has 0 aliphatic carbocycles. The topological polar surface area (TPSA) is 46.9 Å². The first-order valence-corrected chi connectivity index (χ1v) is 13.3. The summed E-state index contributed by atoms with van der Waals surface area (Å²) in [5.74, 6) is 0.700. The van der Waals surface area contributed by atoms with E-state index in [-0.39, 0.29) is 5.91 Å². The lowest BCUT2D eigenvalue weighted by Gasteiger charge is -2.13. The first-order valence-electron chi connectivity index (χ1n) is 11.7. The molecule has 2 heterocycles. The van der Waals surface area contributed by atoms with Crippen LogP contribution in [0.4, 0.5) is 5.69 Å². The van der Waals surface area contributed by atoms with E-state index < -0.39 is 0 Å². The van der Waals surface area contributed by atoms with E-state index in [0.29, 0.717) is 22.2 Å². The molecule has 0 radical (unpaired) electrons. The summed E-state index contributed by atoms with van der Waals surface area (Å²) in [6.07, 6.45) is 3.54. The zero-order valence-electron chi connectivity index (χ0n) is 21.2. The predicted molar refractivity (Wildman–Crippen MR) is 153 cm³/mol. The highest BCUT2D eigenvalue weighted by Crippen LogP contribution is 2.38. The largest absolute Gasteiger partial charge is 0.334 e. The third-order valence-corrected chi connectivity index (χ3v) is 6.73. The van der Waals surface area contributed by atoms with Gasteiger partial charge in [0.2, 0.25) is 0 Å². The average Bonchev–Trinajstić information content (AvgIpc) is 3.03. The van der Waals surface area contributed by atoms with Gasteiger partial charge in [-0.3, -0.25) is 9.78 Å². The minimum atomic E-state index is -0.134. The lowest BCUT2D eigenvalue weighted by molar-refractivity contribution is 0.102. The first-order chi connectivity index (χ1) is 17.2. The van der Waals surface area contributed by atoms with E-state index in [1.165, 1.54) is 0 Å². The molecule has 0 unspecified atom stereocenters. The number of aromatic nitrogens is 2. The van der Waals surface area contributed by atoms with E-state index in [2.05, 4.69) is 35.6 Å². The molecule has 2 aromatic carbocycles. The smallest absolute Gasteiger partial charge is 0.257 e. The number of para-hydroxylation sites is 1. The second-order valence-corrected chi connectivity index (χ2v) is 11.0. The van der Waals surface area contributed by atoms with Crippen molar-refractivity contribution in [2.24, 2.45) is 5.92 Å². The number of carbonyl (C=O) groups is 1. The van der Waals surface area contributed by atoms with Crippen LogP contribution in [0.2, 0.25) is 10.0 Å². The molecule has 0 bridgehead atoms. The molecule has 4 aromatic rings. The fourth-order valence-corrected chi connectivity index (χ4v) is 5.43. The molecule has 7 heteroatoms. The Labute approximate surface area is 228 Å². The summed E-state index contributed by atoms with van der Waals surface area (Å²) < 4.78 is 2.16. The number of benzene rings is 2. The van der Waals surface area contributed by atoms with Crippen LogP contribution < -0.4 is 5.32 Å². The lowest BCUT2D eigenvalue weighted by Crippen LogP contribution is -2.14. The molecule has 188 valence electrons. The van der Waals surface area contributed by atoms with Gasteiger partial charge in [0, 0.05) is 45.3 Å². The molecule has 0 atom stereocenters. The van der Waals surface area contributed by atoms with Crippen LogP contribution in [0.25, 0.3) is 0 Å². The second kappa shape index (κ2) is 13.0. The zero-order chi connectivity index (χ0) is 26.2. The van der Waals surface area contributed by atoms with Gasteiger partial charge >= 0.3 is 0 Å². The summed E-state index contributed by atoms with van der Waals surface area (Å²) in [4.78, 5) is 18.3. The van der Waals surface area contributed by atoms with Gasteiger partial charge in [-0.15, -0.1) is 0 Å². The van der Waals surface area contributed by atoms with E-state index in [0.717, 1.165) is 38.3 Å². The van der Waals surface area contributed by atoms with Gasteiger partial charge < -0.3 is 9.88 Å². The maximum absolute atomic E-state index is 13.2. The molecule has 0 spiro atoms. The van der Waals surface area contributed by atoms with Gasteiger partial charge in [0.05, 0.1) is 10.6 Å². The van der Waals surface area contributed by atoms with Crippen molar-refractivity contribution in [3.8, 4) is 0 Å². The molecule has 0 aliphatic rings. The number of hydrogen-bond donors (Lipinski definition) is 1. The third-order valence-electron chi connectivity index (χ3n) is 5.11. The average molecular weight is 541 g/mol. The minimum absolute atomic E-state index is 0.134. The van der Waals surface area contributed by atoms with Crippen molar-refractivity contribution < 1.29 is 4.79 Å². The van der Waals surface area contributed by atoms with Crippen molar-refractivity contribution in [2.75, 3.05) is 5.32 Å². The summed E-state index contributed by atoms with van der Waals surface area (Å²) in [6.45, 7) is 11.1. The Balaban J connectivity index is 0.000000840. The maximum Gasteiger partial charge on any atom is 0.257 e. The predicted octanol–water partition coefficient (Wildman–Crippen LogP) is 8.92. The first kappa shape index (κ1) is 27.9. The van der Waals surface area contributed by atoms with Crippen LogP contribution in [0.15, 0.2) is 83.0 Å². The summed E-state index contributed by atoms with van der Waals surface area (Å²) in [7, 11) is 0. The summed E-state index contributed by atoms with van der Waals surface area (Å²) in [5.41, 5.74) is 4.32. The van der Waals surface area contributed by atoms with E-state index in [4.69, 9.17) is 23.2 Å². The summed E-state index contributed by atoms with van der Waals surface area (Å²) in [5, 5.41) is 5.13. The molecule has 0 saturated heterocycles. The SMILES string of the molecule is CC(C)C.Cc1c(C(=O)Nc2ccccc2)c(C)n(Cc2ccncc2)c1Sc1cc(Cl)cc(Cl)c1. The van der Waals surface area contributed by atoms with Crippen LogP contribution in [0.5, 0.6) is 0 Å². The van der Waals surface area contributed by atoms with Gasteiger partial charge in [-0.1, -0.05) is 73.9 Å². The number of anilines is 1. The molecule has 1 amide bonds. The van der Waals surface area contributed by atoms with Gasteiger partial charge in [-0.2, -0.15) is 0 Å². The number of rotatable bonds is 6. The van der Waals surface area contributed by atoms with Crippen LogP contribution in [0.1, 0.15) is 48.0 Å². The lowest BCUT2D eigenvalue weighted by atomic mass is 10.1. The number of carbonyl (C=O) groups excluding carboxylic acids is 1. The fraction of sp³-hybridized carbons (Fsp3) is 0.241. The molecule has 1 N–H and O–H groups in total. The Hall–Kier alpha value is -2.73. The van der Waals surface area contributed by atoms with Crippen LogP contribution in [-0.2, 0) is 6.54 Å². The van der Waals surface area contributed by atoms with Gasteiger partial charge in [0.25, 0.3) is 5.91 Å². The Morgan fingerprint density at radius 2 is 1.56 bits per heavy atom. The third kappa shape index (κ3) is 7.63. The minimum Gasteiger partial charge on any atom is -0.334 e. The molecular formula is C29H31Cl2N3OS. The molecule has 36 heavy (non-hydrogen) atoms. The van der Waals surface area contributed by atoms with E-state index >= 15 is 0 Å². The fourth-order valence-electron chi connectivity index (χ4n) is 3.61. The number of halogens is 2. The molecule has 4 rings (SSSR count). The Bertz CT molecular complexity index is 1280. The zero-order valence-corrected chi connectivity index (χ0v) is 23.5. The Morgan fingerprint density at radius 1 is 0.972 bits per heavy atom. The molecule has 0 aliphatic heterocycles. The second-order valence-electron chi connectivity index (χ2n) is 9.09. The molecular weight excluding hydrogens is 509 g/mol. The molecule has 0 fully saturated rings. The maximum atomic E-state index is 13.2. The number of nitrogens with one attached hydrogen (secondary N) is 1.